The maximum Gasteiger partial charge on any atom is 0.126 e. The van der Waals surface area contributed by atoms with Crippen molar-refractivity contribution in [3.8, 4) is 0 Å². The van der Waals surface area contributed by atoms with Gasteiger partial charge in [-0.05, 0) is 34.1 Å². The second-order valence-corrected chi connectivity index (χ2v) is 4.77. The van der Waals surface area contributed by atoms with E-state index in [1.165, 1.54) is 19.5 Å². The van der Waals surface area contributed by atoms with Crippen LogP contribution >= 0.6 is 0 Å². The fourth-order valence-corrected chi connectivity index (χ4v) is 1.06. The van der Waals surface area contributed by atoms with E-state index in [0.717, 1.165) is 6.04 Å². The molecule has 0 unspecified atom stereocenters. The first-order valence-electron chi connectivity index (χ1n) is 5.13. The summed E-state index contributed by atoms with van der Waals surface area (Å²) in [5.41, 5.74) is 0.392. The second-order valence-electron chi connectivity index (χ2n) is 4.77. The predicted molar refractivity (Wildman–Crippen MR) is 53.1 cm³/mol. The normalized spacial score (nSPS) is 14.8. The van der Waals surface area contributed by atoms with E-state index in [9.17, 15) is 0 Å². The van der Waals surface area contributed by atoms with Crippen molar-refractivity contribution in [2.45, 2.75) is 52.6 Å². The van der Waals surface area contributed by atoms with E-state index in [0.29, 0.717) is 5.54 Å². The van der Waals surface area contributed by atoms with Gasteiger partial charge in [-0.3, -0.25) is 0 Å². The summed E-state index contributed by atoms with van der Waals surface area (Å²) in [6.45, 7) is 13.8. The Morgan fingerprint density at radius 2 is 1.75 bits per heavy atom. The smallest absolute Gasteiger partial charge is 0.126 e. The molecule has 0 aromatic rings. The Hall–Kier alpha value is -0.0800. The number of hydrogen-bond donors (Lipinski definition) is 2. The molecule has 0 heterocycles. The van der Waals surface area contributed by atoms with Crippen molar-refractivity contribution in [3.05, 3.63) is 0 Å². The molecule has 1 atom stereocenters. The zero-order valence-electron chi connectivity index (χ0n) is 9.35. The zero-order valence-corrected chi connectivity index (χ0v) is 9.35. The molecule has 0 saturated heterocycles. The van der Waals surface area contributed by atoms with Crippen LogP contribution in [0.15, 0.2) is 0 Å². The van der Waals surface area contributed by atoms with Gasteiger partial charge >= 0.3 is 0 Å². The van der Waals surface area contributed by atoms with Gasteiger partial charge < -0.3 is 10.6 Å². The third-order valence-corrected chi connectivity index (χ3v) is 2.14. The Balaban J connectivity index is 3.22. The maximum absolute atomic E-state index is 2.43. The van der Waals surface area contributed by atoms with Crippen LogP contribution in [0.4, 0.5) is 0 Å². The topological polar surface area (TPSA) is 33.2 Å². The third kappa shape index (κ3) is 8.02. The first-order chi connectivity index (χ1) is 5.45. The average Bonchev–Trinajstić information content (AvgIpc) is 1.96. The molecular formula is C10H26N2+2. The Labute approximate surface area is 77.1 Å². The Morgan fingerprint density at radius 3 is 2.17 bits per heavy atom. The van der Waals surface area contributed by atoms with Crippen molar-refractivity contribution in [2.24, 2.45) is 0 Å². The van der Waals surface area contributed by atoms with Gasteiger partial charge in [0.15, 0.2) is 0 Å². The lowest BCUT2D eigenvalue weighted by Crippen LogP contribution is -3.01. The molecule has 0 aliphatic carbocycles. The molecule has 0 fully saturated rings. The summed E-state index contributed by atoms with van der Waals surface area (Å²) in [7, 11) is 0. The van der Waals surface area contributed by atoms with Crippen LogP contribution in [0.2, 0.25) is 0 Å². The summed E-state index contributed by atoms with van der Waals surface area (Å²) in [5, 5.41) is 4.84. The highest BCUT2D eigenvalue weighted by atomic mass is 15.0. The molecular weight excluding hydrogens is 148 g/mol. The van der Waals surface area contributed by atoms with Gasteiger partial charge in [0.2, 0.25) is 0 Å². The average molecular weight is 174 g/mol. The van der Waals surface area contributed by atoms with Crippen molar-refractivity contribution < 1.29 is 10.6 Å². The van der Waals surface area contributed by atoms with Crippen molar-refractivity contribution in [3.63, 3.8) is 0 Å². The van der Waals surface area contributed by atoms with Crippen LogP contribution in [-0.2, 0) is 0 Å². The van der Waals surface area contributed by atoms with Crippen LogP contribution in [0.5, 0.6) is 0 Å². The summed E-state index contributed by atoms with van der Waals surface area (Å²) in [6.07, 6.45) is 1.27. The fourth-order valence-electron chi connectivity index (χ4n) is 1.06. The van der Waals surface area contributed by atoms with Gasteiger partial charge in [-0.2, -0.15) is 0 Å². The van der Waals surface area contributed by atoms with Gasteiger partial charge in [0.1, 0.15) is 13.1 Å². The molecule has 0 aromatic heterocycles. The molecule has 0 aromatic carbocycles. The molecule has 12 heavy (non-hydrogen) atoms. The predicted octanol–water partition coefficient (Wildman–Crippen LogP) is -0.290. The van der Waals surface area contributed by atoms with Crippen molar-refractivity contribution in [2.75, 3.05) is 13.1 Å². The monoisotopic (exact) mass is 174 g/mol. The molecule has 0 radical (unpaired) electrons. The molecule has 0 rings (SSSR count). The van der Waals surface area contributed by atoms with Crippen molar-refractivity contribution >= 4 is 0 Å². The third-order valence-electron chi connectivity index (χ3n) is 2.14. The SMILES string of the molecule is CC[C@H](C)[NH2+]CC[NH2+]C(C)(C)C. The highest BCUT2D eigenvalue weighted by Gasteiger charge is 2.12. The van der Waals surface area contributed by atoms with E-state index in [2.05, 4.69) is 45.3 Å². The van der Waals surface area contributed by atoms with Gasteiger partial charge in [-0.15, -0.1) is 0 Å². The minimum atomic E-state index is 0.392. The minimum Gasteiger partial charge on any atom is -0.339 e. The Bertz CT molecular complexity index is 105. The van der Waals surface area contributed by atoms with Crippen LogP contribution in [0.1, 0.15) is 41.0 Å². The van der Waals surface area contributed by atoms with Crippen LogP contribution in [0.25, 0.3) is 0 Å². The zero-order chi connectivity index (χ0) is 9.61. The van der Waals surface area contributed by atoms with Gasteiger partial charge in [-0.1, -0.05) is 6.92 Å². The molecule has 74 valence electrons. The van der Waals surface area contributed by atoms with E-state index >= 15 is 0 Å². The van der Waals surface area contributed by atoms with E-state index in [4.69, 9.17) is 0 Å². The van der Waals surface area contributed by atoms with Gasteiger partial charge in [0.05, 0.1) is 11.6 Å². The van der Waals surface area contributed by atoms with Gasteiger partial charge in [0, 0.05) is 0 Å². The first-order valence-corrected chi connectivity index (χ1v) is 5.13. The van der Waals surface area contributed by atoms with Gasteiger partial charge in [0.25, 0.3) is 0 Å². The minimum absolute atomic E-state index is 0.392. The Kier molecular flexibility index (Phi) is 5.51. The lowest BCUT2D eigenvalue weighted by molar-refractivity contribution is -0.767. The quantitative estimate of drug-likeness (QED) is 0.537. The highest BCUT2D eigenvalue weighted by molar-refractivity contribution is 4.51. The molecule has 0 aliphatic rings. The molecule has 0 bridgehead atoms. The van der Waals surface area contributed by atoms with E-state index in [-0.39, 0.29) is 0 Å². The largest absolute Gasteiger partial charge is 0.339 e. The van der Waals surface area contributed by atoms with E-state index < -0.39 is 0 Å². The molecule has 0 spiro atoms. The Morgan fingerprint density at radius 1 is 1.17 bits per heavy atom. The number of hydrogen-bond acceptors (Lipinski definition) is 0. The van der Waals surface area contributed by atoms with Crippen LogP contribution < -0.4 is 10.6 Å². The molecule has 0 aliphatic heterocycles. The molecule has 0 saturated carbocycles. The van der Waals surface area contributed by atoms with Crippen molar-refractivity contribution in [1.82, 2.24) is 0 Å². The van der Waals surface area contributed by atoms with Crippen LogP contribution in [0.3, 0.4) is 0 Å². The lowest BCUT2D eigenvalue weighted by Gasteiger charge is -2.16. The highest BCUT2D eigenvalue weighted by Crippen LogP contribution is 1.87. The summed E-state index contributed by atoms with van der Waals surface area (Å²) in [5.74, 6) is 0. The molecule has 0 amide bonds. The summed E-state index contributed by atoms with van der Waals surface area (Å²) < 4.78 is 0. The first kappa shape index (κ1) is 11.9. The molecule has 4 N–H and O–H groups in total. The number of quaternary nitrogens is 2. The standard InChI is InChI=1S/C10H24N2/c1-6-9(2)11-7-8-12-10(3,4)5/h9,11-12H,6-8H2,1-5H3/p+2/t9-/m0/s1. The number of nitrogens with two attached hydrogens (primary N) is 2. The fraction of sp³-hybridized carbons (Fsp3) is 1.00. The summed E-state index contributed by atoms with van der Waals surface area (Å²) in [6, 6.07) is 0.790. The van der Waals surface area contributed by atoms with Crippen LogP contribution in [-0.4, -0.2) is 24.7 Å². The van der Waals surface area contributed by atoms with Crippen LogP contribution in [0, 0.1) is 0 Å². The summed E-state index contributed by atoms with van der Waals surface area (Å²) in [4.78, 5) is 0. The lowest BCUT2D eigenvalue weighted by atomic mass is 10.1. The molecule has 2 nitrogen and oxygen atoms in total. The van der Waals surface area contributed by atoms with Crippen molar-refractivity contribution in [1.29, 1.82) is 0 Å². The van der Waals surface area contributed by atoms with E-state index in [1.54, 1.807) is 0 Å². The second kappa shape index (κ2) is 5.55. The summed E-state index contributed by atoms with van der Waals surface area (Å²) >= 11 is 0. The molecule has 2 heteroatoms. The maximum atomic E-state index is 2.43. The number of rotatable bonds is 5. The van der Waals surface area contributed by atoms with Gasteiger partial charge in [-0.25, -0.2) is 0 Å². The van der Waals surface area contributed by atoms with E-state index in [1.807, 2.05) is 0 Å².